The minimum Gasteiger partial charge on any atom is -0.469 e. The van der Waals surface area contributed by atoms with E-state index in [1.807, 2.05) is 5.32 Å². The van der Waals surface area contributed by atoms with Gasteiger partial charge in [-0.1, -0.05) is 6.92 Å². The highest BCUT2D eigenvalue weighted by atomic mass is 32.2. The van der Waals surface area contributed by atoms with Gasteiger partial charge in [-0.15, -0.1) is 11.8 Å². The van der Waals surface area contributed by atoms with E-state index in [4.69, 9.17) is 5.73 Å². The fourth-order valence-electron chi connectivity index (χ4n) is 0.999. The molecule has 3 N–H and O–H groups in total. The van der Waals surface area contributed by atoms with Crippen molar-refractivity contribution in [2.45, 2.75) is 30.8 Å². The van der Waals surface area contributed by atoms with Gasteiger partial charge in [0.15, 0.2) is 0 Å². The summed E-state index contributed by atoms with van der Waals surface area (Å²) in [5.74, 6) is -0.795. The van der Waals surface area contributed by atoms with Crippen LogP contribution in [0.3, 0.4) is 0 Å². The number of nitrogens with two attached hydrogens (primary N) is 1. The molecule has 0 aliphatic rings. The Kier molecular flexibility index (Phi) is 6.55. The molecule has 16 heavy (non-hydrogen) atoms. The molecular formula is C9H16N2O4S. The van der Waals surface area contributed by atoms with Gasteiger partial charge >= 0.3 is 12.0 Å². The largest absolute Gasteiger partial charge is 0.469 e. The molecule has 0 aliphatic carbocycles. The standard InChI is InChI=1S/C9H16N2O4S/c1-5(4-7(12)15-3)16-6(2)8(13)11-9(10)14/h5-6H,4H2,1-3H3,(H3,10,11,13,14). The molecule has 2 unspecified atom stereocenters. The molecule has 0 aromatic heterocycles. The van der Waals surface area contributed by atoms with Crippen LogP contribution in [0.25, 0.3) is 0 Å². The van der Waals surface area contributed by atoms with Crippen LogP contribution in [0.2, 0.25) is 0 Å². The Balaban J connectivity index is 4.03. The first-order chi connectivity index (χ1) is 7.36. The van der Waals surface area contributed by atoms with Crippen molar-refractivity contribution in [2.75, 3.05) is 7.11 Å². The number of urea groups is 1. The van der Waals surface area contributed by atoms with E-state index in [1.54, 1.807) is 13.8 Å². The molecular weight excluding hydrogens is 232 g/mol. The van der Waals surface area contributed by atoms with Crippen LogP contribution >= 0.6 is 11.8 Å². The smallest absolute Gasteiger partial charge is 0.318 e. The van der Waals surface area contributed by atoms with Crippen LogP contribution in [0.5, 0.6) is 0 Å². The highest BCUT2D eigenvalue weighted by molar-refractivity contribution is 8.01. The fraction of sp³-hybridized carbons (Fsp3) is 0.667. The summed E-state index contributed by atoms with van der Waals surface area (Å²) in [7, 11) is 1.31. The molecule has 92 valence electrons. The summed E-state index contributed by atoms with van der Waals surface area (Å²) in [4.78, 5) is 32.7. The number of thioether (sulfide) groups is 1. The van der Waals surface area contributed by atoms with Gasteiger partial charge in [-0.25, -0.2) is 4.79 Å². The van der Waals surface area contributed by atoms with E-state index >= 15 is 0 Å². The number of methoxy groups -OCH3 is 1. The SMILES string of the molecule is COC(=O)CC(C)SC(C)C(=O)NC(N)=O. The second-order valence-electron chi connectivity index (χ2n) is 3.22. The van der Waals surface area contributed by atoms with E-state index in [0.29, 0.717) is 0 Å². The van der Waals surface area contributed by atoms with Crippen LogP contribution < -0.4 is 11.1 Å². The van der Waals surface area contributed by atoms with Gasteiger partial charge in [-0.05, 0) is 6.92 Å². The molecule has 0 fully saturated rings. The Hall–Kier alpha value is -1.24. The summed E-state index contributed by atoms with van der Waals surface area (Å²) in [6.07, 6.45) is 0.218. The van der Waals surface area contributed by atoms with Crippen molar-refractivity contribution in [2.24, 2.45) is 5.73 Å². The van der Waals surface area contributed by atoms with E-state index in [1.165, 1.54) is 18.9 Å². The molecule has 0 radical (unpaired) electrons. The molecule has 0 aromatic rings. The number of nitrogens with one attached hydrogen (secondary N) is 1. The van der Waals surface area contributed by atoms with Crippen LogP contribution in [-0.2, 0) is 14.3 Å². The minimum atomic E-state index is -0.877. The fourth-order valence-corrected chi connectivity index (χ4v) is 2.11. The molecule has 6 nitrogen and oxygen atoms in total. The van der Waals surface area contributed by atoms with E-state index in [2.05, 4.69) is 4.74 Å². The van der Waals surface area contributed by atoms with E-state index in [9.17, 15) is 14.4 Å². The molecule has 0 spiro atoms. The van der Waals surface area contributed by atoms with Gasteiger partial charge in [0.25, 0.3) is 0 Å². The van der Waals surface area contributed by atoms with Gasteiger partial charge in [-0.3, -0.25) is 14.9 Å². The van der Waals surface area contributed by atoms with Crippen LogP contribution in [0.15, 0.2) is 0 Å². The van der Waals surface area contributed by atoms with Gasteiger partial charge in [0.2, 0.25) is 5.91 Å². The zero-order valence-corrected chi connectivity index (χ0v) is 10.3. The highest BCUT2D eigenvalue weighted by Gasteiger charge is 2.19. The lowest BCUT2D eigenvalue weighted by Crippen LogP contribution is -2.40. The van der Waals surface area contributed by atoms with Gasteiger partial charge < -0.3 is 10.5 Å². The van der Waals surface area contributed by atoms with Crippen LogP contribution in [-0.4, -0.2) is 35.5 Å². The Labute approximate surface area is 98.3 Å². The predicted octanol–water partition coefficient (Wildman–Crippen LogP) is 0.255. The molecule has 7 heteroatoms. The first kappa shape index (κ1) is 14.8. The lowest BCUT2D eigenvalue weighted by molar-refractivity contribution is -0.140. The third kappa shape index (κ3) is 6.28. The number of amides is 3. The van der Waals surface area contributed by atoms with E-state index in [0.717, 1.165) is 0 Å². The highest BCUT2D eigenvalue weighted by Crippen LogP contribution is 2.20. The molecule has 0 heterocycles. The maximum atomic E-state index is 11.3. The molecule has 0 bridgehead atoms. The summed E-state index contributed by atoms with van der Waals surface area (Å²) in [5, 5.41) is 1.46. The van der Waals surface area contributed by atoms with Crippen molar-refractivity contribution in [1.82, 2.24) is 5.32 Å². The average Bonchev–Trinajstić information content (AvgIpc) is 2.16. The Morgan fingerprint density at radius 1 is 1.38 bits per heavy atom. The summed E-state index contributed by atoms with van der Waals surface area (Å²) in [6, 6.07) is -0.877. The lowest BCUT2D eigenvalue weighted by atomic mass is 10.3. The maximum Gasteiger partial charge on any atom is 0.318 e. The molecule has 0 saturated heterocycles. The van der Waals surface area contributed by atoms with Crippen molar-refractivity contribution in [3.63, 3.8) is 0 Å². The number of hydrogen-bond acceptors (Lipinski definition) is 5. The van der Waals surface area contributed by atoms with Crippen molar-refractivity contribution in [1.29, 1.82) is 0 Å². The first-order valence-corrected chi connectivity index (χ1v) is 5.63. The second kappa shape index (κ2) is 7.10. The quantitative estimate of drug-likeness (QED) is 0.680. The number of imide groups is 1. The van der Waals surface area contributed by atoms with Gasteiger partial charge in [0.1, 0.15) is 0 Å². The Morgan fingerprint density at radius 2 is 1.94 bits per heavy atom. The van der Waals surface area contributed by atoms with Crippen molar-refractivity contribution in [3.8, 4) is 0 Å². The van der Waals surface area contributed by atoms with E-state index < -0.39 is 17.2 Å². The Bertz CT molecular complexity index is 283. The van der Waals surface area contributed by atoms with Gasteiger partial charge in [-0.2, -0.15) is 0 Å². The van der Waals surface area contributed by atoms with Crippen molar-refractivity contribution < 1.29 is 19.1 Å². The normalized spacial score (nSPS) is 13.7. The monoisotopic (exact) mass is 248 g/mol. The summed E-state index contributed by atoms with van der Waals surface area (Å²) in [5.41, 5.74) is 4.81. The second-order valence-corrected chi connectivity index (χ2v) is 5.01. The van der Waals surface area contributed by atoms with Gasteiger partial charge in [0.05, 0.1) is 18.8 Å². The van der Waals surface area contributed by atoms with Crippen LogP contribution in [0, 0.1) is 0 Å². The molecule has 0 rings (SSSR count). The molecule has 2 atom stereocenters. The van der Waals surface area contributed by atoms with Crippen molar-refractivity contribution in [3.05, 3.63) is 0 Å². The molecule has 0 aromatic carbocycles. The predicted molar refractivity (Wildman–Crippen MR) is 60.9 cm³/mol. The average molecular weight is 248 g/mol. The topological polar surface area (TPSA) is 98.5 Å². The van der Waals surface area contributed by atoms with E-state index in [-0.39, 0.29) is 17.6 Å². The number of esters is 1. The lowest BCUT2D eigenvalue weighted by Gasteiger charge is -2.14. The number of primary amides is 1. The number of ether oxygens (including phenoxy) is 1. The van der Waals surface area contributed by atoms with Crippen LogP contribution in [0.1, 0.15) is 20.3 Å². The molecule has 0 saturated carbocycles. The summed E-state index contributed by atoms with van der Waals surface area (Å²) < 4.78 is 4.50. The third-order valence-corrected chi connectivity index (χ3v) is 2.99. The summed E-state index contributed by atoms with van der Waals surface area (Å²) >= 11 is 1.27. The molecule has 0 aliphatic heterocycles. The molecule has 3 amide bonds. The van der Waals surface area contributed by atoms with Crippen molar-refractivity contribution >= 4 is 29.7 Å². The summed E-state index contributed by atoms with van der Waals surface area (Å²) in [6.45, 7) is 3.44. The number of carbonyl (C=O) groups excluding carboxylic acids is 3. The minimum absolute atomic E-state index is 0.0684. The maximum absolute atomic E-state index is 11.3. The zero-order chi connectivity index (χ0) is 12.7. The number of hydrogen-bond donors (Lipinski definition) is 2. The number of rotatable bonds is 5. The van der Waals surface area contributed by atoms with Crippen LogP contribution in [0.4, 0.5) is 4.79 Å². The first-order valence-electron chi connectivity index (χ1n) is 4.69. The third-order valence-electron chi connectivity index (χ3n) is 1.73. The Morgan fingerprint density at radius 3 is 2.38 bits per heavy atom. The van der Waals surface area contributed by atoms with Gasteiger partial charge in [0, 0.05) is 5.25 Å². The number of carbonyl (C=O) groups is 3. The zero-order valence-electron chi connectivity index (χ0n) is 9.48.